The van der Waals surface area contributed by atoms with Gasteiger partial charge in [-0.25, -0.2) is 4.98 Å². The van der Waals surface area contributed by atoms with Gasteiger partial charge in [0.25, 0.3) is 0 Å². The molecule has 1 unspecified atom stereocenters. The van der Waals surface area contributed by atoms with Crippen molar-refractivity contribution in [2.45, 2.75) is 25.9 Å². The molecule has 25 heavy (non-hydrogen) atoms. The smallest absolute Gasteiger partial charge is 0.242 e. The molecule has 1 N–H and O–H groups in total. The molecule has 134 valence electrons. The zero-order chi connectivity index (χ0) is 17.5. The van der Waals surface area contributed by atoms with Gasteiger partial charge in [0.15, 0.2) is 0 Å². The van der Waals surface area contributed by atoms with E-state index in [1.165, 1.54) is 0 Å². The number of carbonyl (C=O) groups is 1. The maximum atomic E-state index is 12.9. The molecule has 3 heterocycles. The minimum absolute atomic E-state index is 0.00747. The van der Waals surface area contributed by atoms with Crippen LogP contribution in [0.25, 0.3) is 0 Å². The lowest BCUT2D eigenvalue weighted by Crippen LogP contribution is -2.46. The van der Waals surface area contributed by atoms with Crippen LogP contribution in [0.3, 0.4) is 0 Å². The number of carbonyl (C=O) groups excluding carboxylic acids is 1. The number of ether oxygens (including phenoxy) is 1. The van der Waals surface area contributed by atoms with Crippen LogP contribution < -0.4 is 5.32 Å². The number of pyridine rings is 1. The number of morpholine rings is 1. The highest BCUT2D eigenvalue weighted by Gasteiger charge is 2.28. The van der Waals surface area contributed by atoms with Crippen molar-refractivity contribution in [1.82, 2.24) is 24.8 Å². The first-order chi connectivity index (χ1) is 12.3. The van der Waals surface area contributed by atoms with Crippen LogP contribution in [0.5, 0.6) is 0 Å². The van der Waals surface area contributed by atoms with Crippen molar-refractivity contribution in [2.24, 2.45) is 0 Å². The second kappa shape index (κ2) is 8.73. The molecule has 0 spiro atoms. The van der Waals surface area contributed by atoms with Gasteiger partial charge in [0.05, 0.1) is 13.2 Å². The predicted molar refractivity (Wildman–Crippen MR) is 94.0 cm³/mol. The second-order valence-corrected chi connectivity index (χ2v) is 6.02. The number of hydrogen-bond donors (Lipinski definition) is 1. The van der Waals surface area contributed by atoms with Crippen molar-refractivity contribution < 1.29 is 9.53 Å². The molecule has 1 aliphatic heterocycles. The normalized spacial score (nSPS) is 16.5. The van der Waals surface area contributed by atoms with E-state index in [0.29, 0.717) is 19.8 Å². The zero-order valence-corrected chi connectivity index (χ0v) is 14.6. The van der Waals surface area contributed by atoms with Gasteiger partial charge in [-0.05, 0) is 11.6 Å². The first-order valence-electron chi connectivity index (χ1n) is 8.79. The Morgan fingerprint density at radius 1 is 1.36 bits per heavy atom. The van der Waals surface area contributed by atoms with E-state index in [9.17, 15) is 4.79 Å². The topological polar surface area (TPSA) is 72.3 Å². The van der Waals surface area contributed by atoms with Crippen molar-refractivity contribution in [2.75, 3.05) is 32.8 Å². The van der Waals surface area contributed by atoms with Gasteiger partial charge in [0, 0.05) is 57.4 Å². The van der Waals surface area contributed by atoms with Crippen molar-refractivity contribution in [3.8, 4) is 0 Å². The fraction of sp³-hybridized carbons (Fsp3) is 0.500. The highest BCUT2D eigenvalue weighted by molar-refractivity contribution is 5.83. The summed E-state index contributed by atoms with van der Waals surface area (Å²) in [6.07, 6.45) is 8.12. The largest absolute Gasteiger partial charge is 0.379 e. The van der Waals surface area contributed by atoms with Gasteiger partial charge in [-0.1, -0.05) is 13.0 Å². The summed E-state index contributed by atoms with van der Waals surface area (Å²) in [5, 5.41) is 3.07. The Bertz CT molecular complexity index is 667. The number of aryl methyl sites for hydroxylation is 1. The minimum atomic E-state index is -0.328. The Hall–Kier alpha value is -2.25. The van der Waals surface area contributed by atoms with Crippen LogP contribution >= 0.6 is 0 Å². The number of imidazole rings is 1. The molecule has 1 aliphatic rings. The van der Waals surface area contributed by atoms with Gasteiger partial charge in [0.2, 0.25) is 5.91 Å². The molecular formula is C18H25N5O2. The first kappa shape index (κ1) is 17.6. The number of rotatable bonds is 7. The van der Waals surface area contributed by atoms with E-state index >= 15 is 0 Å². The average Bonchev–Trinajstić information content (AvgIpc) is 3.11. The SMILES string of the molecule is CCc1nccn1CCNC(=O)C(c1cccnc1)N1CCOCC1. The second-order valence-electron chi connectivity index (χ2n) is 6.02. The van der Waals surface area contributed by atoms with Crippen LogP contribution in [0.2, 0.25) is 0 Å². The zero-order valence-electron chi connectivity index (χ0n) is 14.6. The summed E-state index contributed by atoms with van der Waals surface area (Å²) in [5.41, 5.74) is 0.916. The van der Waals surface area contributed by atoms with Gasteiger partial charge >= 0.3 is 0 Å². The maximum absolute atomic E-state index is 12.9. The van der Waals surface area contributed by atoms with Gasteiger partial charge < -0.3 is 14.6 Å². The van der Waals surface area contributed by atoms with Gasteiger partial charge in [-0.3, -0.25) is 14.7 Å². The monoisotopic (exact) mass is 343 g/mol. The summed E-state index contributed by atoms with van der Waals surface area (Å²) in [7, 11) is 0. The molecular weight excluding hydrogens is 318 g/mol. The van der Waals surface area contributed by atoms with E-state index < -0.39 is 0 Å². The lowest BCUT2D eigenvalue weighted by molar-refractivity contribution is -0.128. The number of nitrogens with zero attached hydrogens (tertiary/aromatic N) is 4. The number of aromatic nitrogens is 3. The summed E-state index contributed by atoms with van der Waals surface area (Å²) < 4.78 is 7.50. The van der Waals surface area contributed by atoms with Crippen LogP contribution in [-0.2, 0) is 22.5 Å². The van der Waals surface area contributed by atoms with Crippen LogP contribution in [-0.4, -0.2) is 58.2 Å². The Morgan fingerprint density at radius 3 is 2.92 bits per heavy atom. The van der Waals surface area contributed by atoms with E-state index in [1.54, 1.807) is 18.6 Å². The van der Waals surface area contributed by atoms with Gasteiger partial charge in [-0.2, -0.15) is 0 Å². The molecule has 3 rings (SSSR count). The lowest BCUT2D eigenvalue weighted by Gasteiger charge is -2.33. The van der Waals surface area contributed by atoms with E-state index in [1.807, 2.05) is 18.3 Å². The highest BCUT2D eigenvalue weighted by atomic mass is 16.5. The third-order valence-electron chi connectivity index (χ3n) is 4.43. The lowest BCUT2D eigenvalue weighted by atomic mass is 10.1. The summed E-state index contributed by atoms with van der Waals surface area (Å²) >= 11 is 0. The third-order valence-corrected chi connectivity index (χ3v) is 4.43. The molecule has 0 bridgehead atoms. The first-order valence-corrected chi connectivity index (χ1v) is 8.79. The third kappa shape index (κ3) is 4.43. The summed E-state index contributed by atoms with van der Waals surface area (Å²) in [6, 6.07) is 3.50. The average molecular weight is 343 g/mol. The van der Waals surface area contributed by atoms with Gasteiger partial charge in [-0.15, -0.1) is 0 Å². The van der Waals surface area contributed by atoms with E-state index in [-0.39, 0.29) is 11.9 Å². The Morgan fingerprint density at radius 2 is 2.20 bits per heavy atom. The van der Waals surface area contributed by atoms with E-state index in [0.717, 1.165) is 37.4 Å². The molecule has 1 atom stereocenters. The molecule has 7 nitrogen and oxygen atoms in total. The molecule has 1 fully saturated rings. The quantitative estimate of drug-likeness (QED) is 0.813. The van der Waals surface area contributed by atoms with E-state index in [4.69, 9.17) is 4.74 Å². The number of nitrogens with one attached hydrogen (secondary N) is 1. The Balaban J connectivity index is 1.64. The van der Waals surface area contributed by atoms with E-state index in [2.05, 4.69) is 31.7 Å². The summed E-state index contributed by atoms with van der Waals surface area (Å²) in [6.45, 7) is 6.16. The Kier molecular flexibility index (Phi) is 6.14. The molecule has 7 heteroatoms. The standard InChI is InChI=1S/C18H25N5O2/c1-2-16-20-6-8-22(16)9-7-21-18(24)17(15-4-3-5-19-14-15)23-10-12-25-13-11-23/h3-6,8,14,17H,2,7,9-13H2,1H3,(H,21,24). The molecule has 2 aromatic rings. The predicted octanol–water partition coefficient (Wildman–Crippen LogP) is 1.03. The molecule has 0 saturated carbocycles. The van der Waals surface area contributed by atoms with Crippen molar-refractivity contribution in [3.63, 3.8) is 0 Å². The van der Waals surface area contributed by atoms with Crippen LogP contribution in [0.1, 0.15) is 24.4 Å². The summed E-state index contributed by atoms with van der Waals surface area (Å²) in [4.78, 5) is 23.5. The van der Waals surface area contributed by atoms with Crippen LogP contribution in [0.15, 0.2) is 36.9 Å². The molecule has 0 radical (unpaired) electrons. The van der Waals surface area contributed by atoms with Crippen LogP contribution in [0.4, 0.5) is 0 Å². The fourth-order valence-corrected chi connectivity index (χ4v) is 3.16. The van der Waals surface area contributed by atoms with Crippen molar-refractivity contribution in [3.05, 3.63) is 48.3 Å². The van der Waals surface area contributed by atoms with Crippen molar-refractivity contribution in [1.29, 1.82) is 0 Å². The fourth-order valence-electron chi connectivity index (χ4n) is 3.16. The molecule has 0 aromatic carbocycles. The van der Waals surface area contributed by atoms with Crippen LogP contribution in [0, 0.1) is 0 Å². The van der Waals surface area contributed by atoms with Gasteiger partial charge in [0.1, 0.15) is 11.9 Å². The molecule has 2 aromatic heterocycles. The minimum Gasteiger partial charge on any atom is -0.379 e. The highest BCUT2D eigenvalue weighted by Crippen LogP contribution is 2.21. The summed E-state index contributed by atoms with van der Waals surface area (Å²) in [5.74, 6) is 1.04. The number of hydrogen-bond acceptors (Lipinski definition) is 5. The molecule has 1 saturated heterocycles. The number of amides is 1. The molecule has 1 amide bonds. The molecule has 0 aliphatic carbocycles. The Labute approximate surface area is 148 Å². The maximum Gasteiger partial charge on any atom is 0.242 e. The van der Waals surface area contributed by atoms with Crippen molar-refractivity contribution >= 4 is 5.91 Å².